The fraction of sp³-hybridized carbons (Fsp3) is 0.0800. The number of nitrogens with zero attached hydrogens (tertiary/aromatic N) is 3. The predicted molar refractivity (Wildman–Crippen MR) is 127 cm³/mol. The van der Waals surface area contributed by atoms with E-state index in [-0.39, 0.29) is 5.91 Å². The molecule has 31 heavy (non-hydrogen) atoms. The smallest absolute Gasteiger partial charge is 0.248 e. The van der Waals surface area contributed by atoms with E-state index in [1.54, 1.807) is 30.2 Å². The lowest BCUT2D eigenvalue weighted by Crippen LogP contribution is -2.07. The fourth-order valence-electron chi connectivity index (χ4n) is 3.16. The summed E-state index contributed by atoms with van der Waals surface area (Å²) in [6.45, 7) is 0.649. The standard InChI is InChI=1S/C25H22N4OS/c1-31-23-12-10-22(11-13-23)27-24(30)14-9-21-18-29(17-19-6-3-2-4-7-19)28-25(21)20-8-5-15-26-16-20/h2-16,18H,17H2,1H3,(H,27,30)/b14-9+. The molecule has 1 amide bonds. The van der Waals surface area contributed by atoms with Crippen molar-refractivity contribution in [1.29, 1.82) is 0 Å². The van der Waals surface area contributed by atoms with Crippen molar-refractivity contribution in [2.45, 2.75) is 11.4 Å². The van der Waals surface area contributed by atoms with Gasteiger partial charge in [-0.1, -0.05) is 30.3 Å². The Bertz CT molecular complexity index is 1170. The Morgan fingerprint density at radius 3 is 2.58 bits per heavy atom. The average Bonchev–Trinajstić information content (AvgIpc) is 3.22. The second kappa shape index (κ2) is 9.91. The summed E-state index contributed by atoms with van der Waals surface area (Å²) in [6.07, 6.45) is 10.8. The third-order valence-corrected chi connectivity index (χ3v) is 5.43. The van der Waals surface area contributed by atoms with Crippen molar-refractivity contribution in [3.05, 3.63) is 103 Å². The van der Waals surface area contributed by atoms with Crippen molar-refractivity contribution in [3.8, 4) is 11.3 Å². The van der Waals surface area contributed by atoms with Crippen LogP contribution in [0.1, 0.15) is 11.1 Å². The fourth-order valence-corrected chi connectivity index (χ4v) is 3.57. The number of amides is 1. The predicted octanol–water partition coefficient (Wildman–Crippen LogP) is 5.37. The molecule has 0 bridgehead atoms. The van der Waals surface area contributed by atoms with Crippen LogP contribution in [0.5, 0.6) is 0 Å². The molecular weight excluding hydrogens is 404 g/mol. The number of carbonyl (C=O) groups excluding carboxylic acids is 1. The maximum atomic E-state index is 12.4. The number of benzene rings is 2. The molecule has 2 aromatic carbocycles. The molecule has 0 unspecified atom stereocenters. The topological polar surface area (TPSA) is 59.8 Å². The van der Waals surface area contributed by atoms with Gasteiger partial charge < -0.3 is 5.32 Å². The van der Waals surface area contributed by atoms with Gasteiger partial charge in [-0.15, -0.1) is 11.8 Å². The quantitative estimate of drug-likeness (QED) is 0.319. The number of pyridine rings is 1. The Morgan fingerprint density at radius 1 is 1.06 bits per heavy atom. The van der Waals surface area contributed by atoms with Gasteiger partial charge >= 0.3 is 0 Å². The van der Waals surface area contributed by atoms with Crippen molar-refractivity contribution in [2.24, 2.45) is 0 Å². The number of nitrogens with one attached hydrogen (secondary N) is 1. The van der Waals surface area contributed by atoms with Crippen LogP contribution in [0.15, 0.2) is 96.3 Å². The van der Waals surface area contributed by atoms with Crippen molar-refractivity contribution in [2.75, 3.05) is 11.6 Å². The van der Waals surface area contributed by atoms with Crippen LogP contribution in [0.25, 0.3) is 17.3 Å². The first kappa shape index (κ1) is 20.6. The number of aromatic nitrogens is 3. The van der Waals surface area contributed by atoms with Gasteiger partial charge in [-0.25, -0.2) is 0 Å². The van der Waals surface area contributed by atoms with Gasteiger partial charge in [0.25, 0.3) is 0 Å². The summed E-state index contributed by atoms with van der Waals surface area (Å²) >= 11 is 1.67. The van der Waals surface area contributed by atoms with E-state index >= 15 is 0 Å². The molecule has 154 valence electrons. The van der Waals surface area contributed by atoms with Crippen LogP contribution in [-0.2, 0) is 11.3 Å². The van der Waals surface area contributed by atoms with Crippen LogP contribution >= 0.6 is 11.8 Å². The Labute approximate surface area is 185 Å². The van der Waals surface area contributed by atoms with Gasteiger partial charge in [0, 0.05) is 46.4 Å². The Kier molecular flexibility index (Phi) is 6.59. The molecule has 0 atom stereocenters. The summed E-state index contributed by atoms with van der Waals surface area (Å²) in [6, 6.07) is 21.8. The van der Waals surface area contributed by atoms with Gasteiger partial charge in [0.2, 0.25) is 5.91 Å². The average molecular weight is 427 g/mol. The van der Waals surface area contributed by atoms with Gasteiger partial charge in [-0.2, -0.15) is 5.10 Å². The molecule has 0 aliphatic carbocycles. The van der Waals surface area contributed by atoms with Crippen molar-refractivity contribution in [1.82, 2.24) is 14.8 Å². The first-order valence-electron chi connectivity index (χ1n) is 9.86. The summed E-state index contributed by atoms with van der Waals surface area (Å²) in [4.78, 5) is 17.8. The van der Waals surface area contributed by atoms with E-state index in [1.807, 2.05) is 71.7 Å². The molecule has 0 spiro atoms. The molecule has 0 saturated carbocycles. The minimum atomic E-state index is -0.190. The zero-order valence-electron chi connectivity index (χ0n) is 17.1. The molecule has 2 aromatic heterocycles. The minimum absolute atomic E-state index is 0.190. The van der Waals surface area contributed by atoms with E-state index < -0.39 is 0 Å². The van der Waals surface area contributed by atoms with Crippen molar-refractivity contribution in [3.63, 3.8) is 0 Å². The summed E-state index contributed by atoms with van der Waals surface area (Å²) in [5, 5.41) is 7.64. The maximum absolute atomic E-state index is 12.4. The lowest BCUT2D eigenvalue weighted by molar-refractivity contribution is -0.111. The van der Waals surface area contributed by atoms with Crippen LogP contribution in [0.4, 0.5) is 5.69 Å². The molecule has 0 aliphatic rings. The number of hydrogen-bond donors (Lipinski definition) is 1. The molecule has 4 aromatic rings. The van der Waals surface area contributed by atoms with E-state index in [9.17, 15) is 4.79 Å². The van der Waals surface area contributed by atoms with Gasteiger partial charge in [-0.3, -0.25) is 14.5 Å². The van der Waals surface area contributed by atoms with Crippen LogP contribution < -0.4 is 5.32 Å². The molecule has 4 rings (SSSR count). The van der Waals surface area contributed by atoms with E-state index in [0.717, 1.165) is 33.0 Å². The summed E-state index contributed by atoms with van der Waals surface area (Å²) in [7, 11) is 0. The lowest BCUT2D eigenvalue weighted by atomic mass is 10.1. The monoisotopic (exact) mass is 426 g/mol. The van der Waals surface area contributed by atoms with Gasteiger partial charge in [0.05, 0.1) is 6.54 Å². The lowest BCUT2D eigenvalue weighted by Gasteiger charge is -2.03. The third-order valence-electron chi connectivity index (χ3n) is 4.68. The highest BCUT2D eigenvalue weighted by atomic mass is 32.2. The first-order valence-corrected chi connectivity index (χ1v) is 11.1. The van der Waals surface area contributed by atoms with Gasteiger partial charge in [0.15, 0.2) is 0 Å². The number of thioether (sulfide) groups is 1. The second-order valence-electron chi connectivity index (χ2n) is 6.91. The van der Waals surface area contributed by atoms with Gasteiger partial charge in [-0.05, 0) is 54.3 Å². The molecule has 1 N–H and O–H groups in total. The second-order valence-corrected chi connectivity index (χ2v) is 7.79. The first-order chi connectivity index (χ1) is 15.2. The molecule has 6 heteroatoms. The summed E-state index contributed by atoms with van der Waals surface area (Å²) in [5.74, 6) is -0.190. The Balaban J connectivity index is 1.55. The maximum Gasteiger partial charge on any atom is 0.248 e. The zero-order chi connectivity index (χ0) is 21.5. The summed E-state index contributed by atoms with van der Waals surface area (Å²) < 4.78 is 1.89. The van der Waals surface area contributed by atoms with E-state index in [2.05, 4.69) is 22.4 Å². The molecular formula is C25H22N4OS. The summed E-state index contributed by atoms with van der Waals surface area (Å²) in [5.41, 5.74) is 4.47. The third kappa shape index (κ3) is 5.49. The van der Waals surface area contributed by atoms with Crippen molar-refractivity contribution < 1.29 is 4.79 Å². The Morgan fingerprint density at radius 2 is 1.87 bits per heavy atom. The Hall–Kier alpha value is -3.64. The molecule has 0 aliphatic heterocycles. The largest absolute Gasteiger partial charge is 0.323 e. The van der Waals surface area contributed by atoms with E-state index in [4.69, 9.17) is 5.10 Å². The van der Waals surface area contributed by atoms with Crippen LogP contribution in [0, 0.1) is 0 Å². The van der Waals surface area contributed by atoms with Crippen molar-refractivity contribution >= 4 is 29.4 Å². The molecule has 0 fully saturated rings. The minimum Gasteiger partial charge on any atom is -0.323 e. The molecule has 2 heterocycles. The number of carbonyl (C=O) groups is 1. The van der Waals surface area contributed by atoms with Crippen LogP contribution in [0.3, 0.4) is 0 Å². The zero-order valence-corrected chi connectivity index (χ0v) is 17.9. The normalized spacial score (nSPS) is 11.0. The number of anilines is 1. The molecule has 0 saturated heterocycles. The molecule has 5 nitrogen and oxygen atoms in total. The van der Waals surface area contributed by atoms with Gasteiger partial charge in [0.1, 0.15) is 5.69 Å². The van der Waals surface area contributed by atoms with E-state index in [0.29, 0.717) is 6.54 Å². The van der Waals surface area contributed by atoms with E-state index in [1.165, 1.54) is 6.08 Å². The highest BCUT2D eigenvalue weighted by molar-refractivity contribution is 7.98. The number of rotatable bonds is 7. The highest BCUT2D eigenvalue weighted by Crippen LogP contribution is 2.23. The SMILES string of the molecule is CSc1ccc(NC(=O)/C=C/c2cn(Cc3ccccc3)nc2-c2cccnc2)cc1. The highest BCUT2D eigenvalue weighted by Gasteiger charge is 2.10. The number of hydrogen-bond acceptors (Lipinski definition) is 4. The molecule has 0 radical (unpaired) electrons. The van der Waals surface area contributed by atoms with Crippen LogP contribution in [0.2, 0.25) is 0 Å². The van der Waals surface area contributed by atoms with Crippen LogP contribution in [-0.4, -0.2) is 26.9 Å².